The van der Waals surface area contributed by atoms with Crippen LogP contribution in [-0.4, -0.2) is 240 Å². The Morgan fingerprint density at radius 1 is 0.252 bits per heavy atom. The van der Waals surface area contributed by atoms with Gasteiger partial charge in [0.2, 0.25) is 0 Å². The molecule has 18 aliphatic rings. The van der Waals surface area contributed by atoms with Crippen molar-refractivity contribution in [2.75, 3.05) is 185 Å². The number of hydrogen-bond donors (Lipinski definition) is 0. The topological polar surface area (TPSA) is 332 Å². The first-order valence-corrected chi connectivity index (χ1v) is 39.3. The maximum absolute atomic E-state index is 5.64. The van der Waals surface area contributed by atoms with Crippen LogP contribution in [0.3, 0.4) is 0 Å². The summed E-state index contributed by atoms with van der Waals surface area (Å²) in [4.78, 5) is 0. The Morgan fingerprint density at radius 3 is 0.916 bits per heavy atom. The Hall–Kier alpha value is -6.40. The molecule has 9 spiro atoms. The first-order chi connectivity index (χ1) is 57.2. The van der Waals surface area contributed by atoms with Gasteiger partial charge in [-0.1, -0.05) is 141 Å². The van der Waals surface area contributed by atoms with E-state index in [-0.39, 0.29) is 11.5 Å². The molecule has 36 heteroatoms. The molecule has 660 valence electrons. The second-order valence-corrected chi connectivity index (χ2v) is 29.8. The van der Waals surface area contributed by atoms with Crippen LogP contribution in [0.4, 0.5) is 0 Å². The third-order valence-electron chi connectivity index (χ3n) is 18.0. The van der Waals surface area contributed by atoms with E-state index in [1.165, 1.54) is 0 Å². The molecule has 0 amide bonds. The number of hydrogen-bond acceptors (Lipinski definition) is 36. The summed E-state index contributed by atoms with van der Waals surface area (Å²) in [7, 11) is 0. The summed E-state index contributed by atoms with van der Waals surface area (Å²) in [6.45, 7) is 57.5. The molecule has 2 aromatic carbocycles. The van der Waals surface area contributed by atoms with Gasteiger partial charge in [0, 0.05) is 17.8 Å². The highest BCUT2D eigenvalue weighted by Crippen LogP contribution is 2.42. The summed E-state index contributed by atoms with van der Waals surface area (Å²) < 4.78 is 191. The maximum Gasteiger partial charge on any atom is 0.510 e. The van der Waals surface area contributed by atoms with Crippen LogP contribution in [0, 0.1) is 11.3 Å². The maximum atomic E-state index is 5.64. The molecule has 0 radical (unpaired) electrons. The SMILES string of the molecule is C=C1CCOC2(OCc3ccccc3CO2)O1.C=C1COC2(OC1)OCC(C)(C)CO2.C=C1COC2(OC1)OCC(C)CO2.C=C1COC2(OCC(=C)O2)O1.C=C1COC2(OCC(c3ccccc3)O2)O1.C=C1COC2(OCCCCO2)O1.C=C1COC2(OCCCCO2)OC1.C=C1COC2(OCCCO2)OC1.C=C1COC2(OCCO2)OC1. The molecule has 36 nitrogen and oxygen atoms in total. The number of rotatable bonds is 1. The second-order valence-electron chi connectivity index (χ2n) is 29.8. The van der Waals surface area contributed by atoms with Crippen LogP contribution in [0.1, 0.15) is 82.1 Å². The van der Waals surface area contributed by atoms with Gasteiger partial charge in [-0.3, -0.25) is 99.5 Å². The minimum absolute atomic E-state index is 0.0203. The van der Waals surface area contributed by atoms with Gasteiger partial charge in [0.15, 0.2) is 0 Å². The fourth-order valence-corrected chi connectivity index (χ4v) is 11.7. The molecule has 2 aromatic rings. The van der Waals surface area contributed by atoms with Gasteiger partial charge in [-0.25, -0.2) is 0 Å². The smallest absolute Gasteiger partial charge is 0.421 e. The Morgan fingerprint density at radius 2 is 0.538 bits per heavy atom. The summed E-state index contributed by atoms with van der Waals surface area (Å²) in [6.07, 6.45) is -6.29. The van der Waals surface area contributed by atoms with Gasteiger partial charge in [-0.2, -0.15) is 0 Å². The van der Waals surface area contributed by atoms with Crippen molar-refractivity contribution in [2.45, 2.75) is 134 Å². The summed E-state index contributed by atoms with van der Waals surface area (Å²) in [5.74, 6) is 3.09. The van der Waals surface area contributed by atoms with Gasteiger partial charge in [0.05, 0.1) is 172 Å². The zero-order chi connectivity index (χ0) is 83.9. The van der Waals surface area contributed by atoms with Gasteiger partial charge in [-0.15, -0.1) is 0 Å². The number of ether oxygens (including phenoxy) is 36. The highest BCUT2D eigenvalue weighted by molar-refractivity contribution is 5.26. The summed E-state index contributed by atoms with van der Waals surface area (Å²) in [5.41, 5.74) is 7.75. The van der Waals surface area contributed by atoms with Crippen molar-refractivity contribution in [2.24, 2.45) is 11.3 Å². The standard InChI is InChI=1S/C13H14O4.C12H12O4.C10H16O4.2C9H14O4.2C8H12O4.C7H8O4.C7H10O4/c1-10-6-7-14-13(17-10)15-8-11-4-2-3-5-12(11)9-16-13;1-9-7-13-12(15-9)14-8-11(16-12)10-5-3-2-4-6-10;1-8-4-11-10(12-5-8)13-6-9(2,3)7-14-10;1-7-3-10-9(11-4-7)12-5-8(2)6-13-9;1-8-6-12-9(13-7-8)10-4-2-3-5-11-9;1-7-5-11-8(12-6-7)9-3-2-4-10-8;1-7-6-11-8(12-7)9-4-2-3-5-10-8;1-5-3-8-7(10-5)9-4-6(2)11-7;1-6-4-10-7(11-5-6)8-2-3-9-7/h2-5H,1,6-9H2;2-6,11H,1,7-8H2;1,4-7H2,2-3H3;8H,1,3-6H2,2H3;1-7H2;2*1-6H2;1-4H2;1-5H2. The lowest BCUT2D eigenvalue weighted by Gasteiger charge is -2.43. The molecule has 18 heterocycles. The van der Waals surface area contributed by atoms with Crippen molar-refractivity contribution in [3.8, 4) is 0 Å². The zero-order valence-corrected chi connectivity index (χ0v) is 68.1. The summed E-state index contributed by atoms with van der Waals surface area (Å²) in [5, 5.41) is 0. The number of benzene rings is 2. The van der Waals surface area contributed by atoms with E-state index in [2.05, 4.69) is 86.6 Å². The van der Waals surface area contributed by atoms with E-state index in [0.717, 1.165) is 76.7 Å². The fraction of sp³-hybridized carbons (Fsp3) is 0.614. The lowest BCUT2D eigenvalue weighted by atomic mass is 9.96. The first-order valence-electron chi connectivity index (χ1n) is 39.3. The highest BCUT2D eigenvalue weighted by Gasteiger charge is 2.54. The van der Waals surface area contributed by atoms with Crippen molar-refractivity contribution in [1.82, 2.24) is 0 Å². The van der Waals surface area contributed by atoms with Crippen molar-refractivity contribution >= 4 is 0 Å². The van der Waals surface area contributed by atoms with E-state index in [1.807, 2.05) is 54.6 Å². The Bertz CT molecular complexity index is 3610. The van der Waals surface area contributed by atoms with E-state index in [0.29, 0.717) is 239 Å². The van der Waals surface area contributed by atoms with Crippen molar-refractivity contribution in [3.05, 3.63) is 194 Å². The van der Waals surface area contributed by atoms with Crippen molar-refractivity contribution in [1.29, 1.82) is 0 Å². The molecule has 20 rings (SSSR count). The van der Waals surface area contributed by atoms with Crippen LogP contribution in [0.25, 0.3) is 0 Å². The lowest BCUT2D eigenvalue weighted by molar-refractivity contribution is -0.528. The molecule has 0 aromatic heterocycles. The van der Waals surface area contributed by atoms with Gasteiger partial charge in [-0.05, 0) is 76.7 Å². The van der Waals surface area contributed by atoms with Crippen LogP contribution in [0.2, 0.25) is 0 Å². The average Bonchev–Trinajstić information content (AvgIpc) is 1.33. The minimum Gasteiger partial charge on any atom is -0.421 e. The molecule has 2 atom stereocenters. The van der Waals surface area contributed by atoms with Gasteiger partial charge < -0.3 is 71.1 Å². The van der Waals surface area contributed by atoms with E-state index in [9.17, 15) is 0 Å². The first kappa shape index (κ1) is 91.8. The van der Waals surface area contributed by atoms with Crippen LogP contribution < -0.4 is 0 Å². The quantitative estimate of drug-likeness (QED) is 0.240. The van der Waals surface area contributed by atoms with E-state index in [4.69, 9.17) is 171 Å². The van der Waals surface area contributed by atoms with Gasteiger partial charge in [0.1, 0.15) is 61.3 Å². The molecule has 119 heavy (non-hydrogen) atoms. The molecule has 0 aliphatic carbocycles. The number of fused-ring (bicyclic) bond motifs is 1. The average molecular weight is 1690 g/mol. The molecule has 0 bridgehead atoms. The second kappa shape index (κ2) is 42.3. The predicted molar refractivity (Wildman–Crippen MR) is 405 cm³/mol. The molecule has 17 fully saturated rings. The van der Waals surface area contributed by atoms with Gasteiger partial charge in [0.25, 0.3) is 0 Å². The lowest BCUT2D eigenvalue weighted by Crippen LogP contribution is -2.53. The molecule has 2 unspecified atom stereocenters. The van der Waals surface area contributed by atoms with Crippen LogP contribution in [0.5, 0.6) is 0 Å². The third kappa shape index (κ3) is 27.1. The largest absolute Gasteiger partial charge is 0.510 e. The summed E-state index contributed by atoms with van der Waals surface area (Å²) >= 11 is 0. The molecular formula is C83H112O36. The van der Waals surface area contributed by atoms with Crippen LogP contribution in [-0.2, 0) is 184 Å². The minimum atomic E-state index is -1.41. The van der Waals surface area contributed by atoms with Gasteiger partial charge >= 0.3 is 55.4 Å². The molecule has 18 aliphatic heterocycles. The van der Waals surface area contributed by atoms with Crippen LogP contribution >= 0.6 is 0 Å². The highest BCUT2D eigenvalue weighted by atomic mass is 17.1. The molecule has 17 saturated heterocycles. The Labute approximate surface area is 692 Å². The molecular weight excluding hydrogens is 1570 g/mol. The normalized spacial score (nSPS) is 28.7. The summed E-state index contributed by atoms with van der Waals surface area (Å²) in [6, 6.07) is 17.8. The van der Waals surface area contributed by atoms with Crippen molar-refractivity contribution in [3.63, 3.8) is 0 Å². The Balaban J connectivity index is 0.000000123. The molecule has 0 saturated carbocycles. The monoisotopic (exact) mass is 1680 g/mol. The molecule has 0 N–H and O–H groups in total. The van der Waals surface area contributed by atoms with E-state index < -0.39 is 55.4 Å². The Kier molecular flexibility index (Phi) is 32.6. The predicted octanol–water partition coefficient (Wildman–Crippen LogP) is 10.0. The van der Waals surface area contributed by atoms with Crippen LogP contribution in [0.15, 0.2) is 177 Å². The fourth-order valence-electron chi connectivity index (χ4n) is 11.7. The third-order valence-corrected chi connectivity index (χ3v) is 18.0. The zero-order valence-electron chi connectivity index (χ0n) is 68.1. The van der Waals surface area contributed by atoms with E-state index >= 15 is 0 Å². The van der Waals surface area contributed by atoms with Crippen molar-refractivity contribution < 1.29 is 171 Å². The van der Waals surface area contributed by atoms with E-state index in [1.54, 1.807) is 0 Å².